The molecule has 2 N–H and O–H groups in total. The fraction of sp³-hybridized carbons (Fsp3) is 0.389. The van der Waals surface area contributed by atoms with Gasteiger partial charge in [0.15, 0.2) is 5.82 Å². The summed E-state index contributed by atoms with van der Waals surface area (Å²) in [5, 5.41) is 9.60. The number of hydrogen-bond donors (Lipinski definition) is 2. The first kappa shape index (κ1) is 17.0. The highest BCUT2D eigenvalue weighted by Crippen LogP contribution is 2.24. The lowest BCUT2D eigenvalue weighted by Crippen LogP contribution is -2.35. The average molecular weight is 342 g/mol. The van der Waals surface area contributed by atoms with Crippen molar-refractivity contribution in [2.45, 2.75) is 39.2 Å². The van der Waals surface area contributed by atoms with Crippen LogP contribution in [-0.2, 0) is 9.59 Å². The zero-order chi connectivity index (χ0) is 17.8. The lowest BCUT2D eigenvalue weighted by molar-refractivity contribution is -0.119. The highest BCUT2D eigenvalue weighted by Gasteiger charge is 2.20. The number of anilines is 3. The molecule has 7 nitrogen and oxygen atoms in total. The van der Waals surface area contributed by atoms with Crippen molar-refractivity contribution in [3.63, 3.8) is 0 Å². The number of carbonyl (C=O) groups excluding carboxylic acids is 2. The minimum absolute atomic E-state index is 0.149. The number of piperidine rings is 1. The quantitative estimate of drug-likeness (QED) is 0.872. The fourth-order valence-electron chi connectivity index (χ4n) is 2.82. The van der Waals surface area contributed by atoms with Crippen molar-refractivity contribution >= 4 is 29.0 Å². The molecular weight excluding hydrogens is 320 g/mol. The van der Waals surface area contributed by atoms with Crippen LogP contribution >= 0.6 is 0 Å². The number of nitrogens with zero attached hydrogens (tertiary/aromatic N) is 2. The first-order valence-electron chi connectivity index (χ1n) is 8.44. The van der Waals surface area contributed by atoms with Crippen LogP contribution < -0.4 is 15.5 Å². The Kier molecular flexibility index (Phi) is 5.02. The largest absolute Gasteiger partial charge is 0.374 e. The Morgan fingerprint density at radius 1 is 1.32 bits per heavy atom. The molecule has 1 aliphatic rings. The molecule has 1 saturated heterocycles. The summed E-state index contributed by atoms with van der Waals surface area (Å²) in [5.74, 6) is 0.960. The molecule has 0 unspecified atom stereocenters. The maximum Gasteiger partial charge on any atom is 0.247 e. The number of rotatable bonds is 5. The van der Waals surface area contributed by atoms with Gasteiger partial charge in [-0.1, -0.05) is 11.2 Å². The zero-order valence-corrected chi connectivity index (χ0v) is 14.4. The minimum Gasteiger partial charge on any atom is -0.374 e. The molecule has 0 bridgehead atoms. The second-order valence-corrected chi connectivity index (χ2v) is 6.23. The normalized spacial score (nSPS) is 15.8. The SMILES string of the molecule is Cc1cc(NC(=O)[C@H](C)Nc2cccc(N3CCCCC3=O)c2)no1. The molecule has 2 aromatic rings. The summed E-state index contributed by atoms with van der Waals surface area (Å²) in [7, 11) is 0. The van der Waals surface area contributed by atoms with Crippen molar-refractivity contribution in [3.8, 4) is 0 Å². The maximum absolute atomic E-state index is 12.2. The van der Waals surface area contributed by atoms with Crippen molar-refractivity contribution in [1.29, 1.82) is 0 Å². The average Bonchev–Trinajstić information content (AvgIpc) is 3.00. The number of benzene rings is 1. The highest BCUT2D eigenvalue weighted by molar-refractivity contribution is 5.96. The molecule has 25 heavy (non-hydrogen) atoms. The number of carbonyl (C=O) groups is 2. The lowest BCUT2D eigenvalue weighted by Gasteiger charge is -2.27. The first-order valence-corrected chi connectivity index (χ1v) is 8.44. The van der Waals surface area contributed by atoms with Crippen LogP contribution in [0.25, 0.3) is 0 Å². The van der Waals surface area contributed by atoms with Gasteiger partial charge in [0.25, 0.3) is 0 Å². The Hall–Kier alpha value is -2.83. The van der Waals surface area contributed by atoms with Crippen LogP contribution in [0.1, 0.15) is 31.9 Å². The van der Waals surface area contributed by atoms with E-state index in [9.17, 15) is 9.59 Å². The highest BCUT2D eigenvalue weighted by atomic mass is 16.5. The molecule has 1 aromatic heterocycles. The molecule has 3 rings (SSSR count). The Bertz CT molecular complexity index is 771. The van der Waals surface area contributed by atoms with E-state index in [0.717, 1.165) is 30.8 Å². The van der Waals surface area contributed by atoms with Crippen LogP contribution in [0.5, 0.6) is 0 Å². The number of hydrogen-bond acceptors (Lipinski definition) is 5. The van der Waals surface area contributed by atoms with Gasteiger partial charge in [-0.2, -0.15) is 0 Å². The standard InChI is InChI=1S/C18H22N4O3/c1-12-10-16(21-25-12)20-18(24)13(2)19-14-6-5-7-15(11-14)22-9-4-3-8-17(22)23/h5-7,10-11,13,19H,3-4,8-9H2,1-2H3,(H,20,21,24)/t13-/m0/s1. The number of aromatic nitrogens is 1. The van der Waals surface area contributed by atoms with Gasteiger partial charge in [0.05, 0.1) is 0 Å². The number of amides is 2. The van der Waals surface area contributed by atoms with Gasteiger partial charge in [-0.15, -0.1) is 0 Å². The summed E-state index contributed by atoms with van der Waals surface area (Å²) in [4.78, 5) is 26.1. The molecule has 0 saturated carbocycles. The molecule has 0 spiro atoms. The van der Waals surface area contributed by atoms with Gasteiger partial charge >= 0.3 is 0 Å². The zero-order valence-electron chi connectivity index (χ0n) is 14.4. The molecule has 132 valence electrons. The van der Waals surface area contributed by atoms with Crippen molar-refractivity contribution < 1.29 is 14.1 Å². The van der Waals surface area contributed by atoms with E-state index in [-0.39, 0.29) is 11.8 Å². The third kappa shape index (κ3) is 4.17. The smallest absolute Gasteiger partial charge is 0.247 e. The van der Waals surface area contributed by atoms with E-state index in [2.05, 4.69) is 15.8 Å². The van der Waals surface area contributed by atoms with Crippen LogP contribution in [0.3, 0.4) is 0 Å². The maximum atomic E-state index is 12.2. The molecule has 1 fully saturated rings. The molecule has 2 amide bonds. The molecule has 0 radical (unpaired) electrons. The predicted octanol–water partition coefficient (Wildman–Crippen LogP) is 2.94. The van der Waals surface area contributed by atoms with Crippen molar-refractivity contribution in [2.75, 3.05) is 22.1 Å². The van der Waals surface area contributed by atoms with Gasteiger partial charge in [0.2, 0.25) is 11.8 Å². The lowest BCUT2D eigenvalue weighted by atomic mass is 10.1. The summed E-state index contributed by atoms with van der Waals surface area (Å²) in [5.41, 5.74) is 1.64. The second kappa shape index (κ2) is 7.38. The predicted molar refractivity (Wildman–Crippen MR) is 95.6 cm³/mol. The van der Waals surface area contributed by atoms with Gasteiger partial charge in [-0.05, 0) is 44.9 Å². The van der Waals surface area contributed by atoms with Gasteiger partial charge in [0, 0.05) is 30.4 Å². The van der Waals surface area contributed by atoms with E-state index >= 15 is 0 Å². The van der Waals surface area contributed by atoms with Crippen LogP contribution in [-0.4, -0.2) is 29.6 Å². The van der Waals surface area contributed by atoms with Crippen LogP contribution in [0.4, 0.5) is 17.2 Å². The molecule has 1 atom stereocenters. The molecule has 2 heterocycles. The topological polar surface area (TPSA) is 87.5 Å². The van der Waals surface area contributed by atoms with E-state index < -0.39 is 6.04 Å². The molecule has 1 aliphatic heterocycles. The minimum atomic E-state index is -0.468. The van der Waals surface area contributed by atoms with E-state index in [1.54, 1.807) is 24.8 Å². The number of nitrogens with one attached hydrogen (secondary N) is 2. The summed E-state index contributed by atoms with van der Waals surface area (Å²) in [6.45, 7) is 4.27. The third-order valence-electron chi connectivity index (χ3n) is 4.14. The summed E-state index contributed by atoms with van der Waals surface area (Å²) in [6.07, 6.45) is 2.55. The monoisotopic (exact) mass is 342 g/mol. The van der Waals surface area contributed by atoms with Gasteiger partial charge in [0.1, 0.15) is 11.8 Å². The summed E-state index contributed by atoms with van der Waals surface area (Å²) in [6, 6.07) is 8.76. The Morgan fingerprint density at radius 2 is 2.16 bits per heavy atom. The van der Waals surface area contributed by atoms with E-state index in [0.29, 0.717) is 18.0 Å². The van der Waals surface area contributed by atoms with Crippen molar-refractivity contribution in [1.82, 2.24) is 5.16 Å². The Morgan fingerprint density at radius 3 is 2.88 bits per heavy atom. The number of aryl methyl sites for hydroxylation is 1. The Labute approximate surface area is 146 Å². The molecule has 7 heteroatoms. The van der Waals surface area contributed by atoms with E-state index in [1.165, 1.54) is 0 Å². The fourth-order valence-corrected chi connectivity index (χ4v) is 2.82. The summed E-state index contributed by atoms with van der Waals surface area (Å²) < 4.78 is 4.93. The van der Waals surface area contributed by atoms with Gasteiger partial charge in [-0.25, -0.2) is 0 Å². The van der Waals surface area contributed by atoms with Crippen molar-refractivity contribution in [3.05, 3.63) is 36.1 Å². The van der Waals surface area contributed by atoms with E-state index in [1.807, 2.05) is 24.3 Å². The molecular formula is C18H22N4O3. The Balaban J connectivity index is 1.64. The van der Waals surface area contributed by atoms with Crippen LogP contribution in [0.15, 0.2) is 34.9 Å². The third-order valence-corrected chi connectivity index (χ3v) is 4.14. The van der Waals surface area contributed by atoms with Crippen LogP contribution in [0.2, 0.25) is 0 Å². The second-order valence-electron chi connectivity index (χ2n) is 6.23. The molecule has 1 aromatic carbocycles. The van der Waals surface area contributed by atoms with Gasteiger partial charge in [-0.3, -0.25) is 9.59 Å². The van der Waals surface area contributed by atoms with Crippen molar-refractivity contribution in [2.24, 2.45) is 0 Å². The first-order chi connectivity index (χ1) is 12.0. The van der Waals surface area contributed by atoms with Gasteiger partial charge < -0.3 is 20.1 Å². The molecule has 0 aliphatic carbocycles. The van der Waals surface area contributed by atoms with E-state index in [4.69, 9.17) is 4.52 Å². The van der Waals surface area contributed by atoms with Crippen LogP contribution in [0, 0.1) is 6.92 Å². The summed E-state index contributed by atoms with van der Waals surface area (Å²) >= 11 is 0.